The molecule has 0 aliphatic rings. The van der Waals surface area contributed by atoms with E-state index in [1.807, 2.05) is 24.3 Å². The van der Waals surface area contributed by atoms with Gasteiger partial charge in [0, 0.05) is 23.6 Å². The molecular weight excluding hydrogens is 358 g/mol. The van der Waals surface area contributed by atoms with Crippen LogP contribution >= 0.6 is 0 Å². The zero-order valence-corrected chi connectivity index (χ0v) is 15.2. The number of nitriles is 1. The van der Waals surface area contributed by atoms with Gasteiger partial charge in [0.15, 0.2) is 11.5 Å². The number of aromatic hydroxyl groups is 1. The van der Waals surface area contributed by atoms with Crippen LogP contribution in [-0.2, 0) is 9.53 Å². The number of ketones is 1. The average Bonchev–Trinajstić information content (AvgIpc) is 2.72. The fourth-order valence-electron chi connectivity index (χ4n) is 2.83. The summed E-state index contributed by atoms with van der Waals surface area (Å²) in [5.74, 6) is -1.55. The molecule has 2 heterocycles. The lowest BCUT2D eigenvalue weighted by Crippen LogP contribution is -2.10. The van der Waals surface area contributed by atoms with Crippen LogP contribution < -0.4 is 0 Å². The van der Waals surface area contributed by atoms with Gasteiger partial charge in [0.2, 0.25) is 0 Å². The standard InChI is InChI=1S/C21H17N3O4/c1-2-28-18(26)9-8-17(25)20-21(27)14(12-22)11-16(24-20)15-7-3-5-13-6-4-10-23-19(13)15/h3-7,10-11,27H,2,8-9H2,1H3. The maximum Gasteiger partial charge on any atom is 0.306 e. The van der Waals surface area contributed by atoms with Crippen molar-refractivity contribution in [3.05, 3.63) is 53.9 Å². The smallest absolute Gasteiger partial charge is 0.306 e. The van der Waals surface area contributed by atoms with Crippen LogP contribution in [-0.4, -0.2) is 33.4 Å². The normalized spacial score (nSPS) is 10.4. The highest BCUT2D eigenvalue weighted by molar-refractivity contribution is 6.00. The van der Waals surface area contributed by atoms with Crippen molar-refractivity contribution < 1.29 is 19.4 Å². The molecule has 0 bridgehead atoms. The molecule has 7 heteroatoms. The monoisotopic (exact) mass is 375 g/mol. The van der Waals surface area contributed by atoms with Gasteiger partial charge >= 0.3 is 5.97 Å². The van der Waals surface area contributed by atoms with Gasteiger partial charge in [-0.3, -0.25) is 14.6 Å². The first-order chi connectivity index (χ1) is 13.5. The molecule has 3 aromatic rings. The summed E-state index contributed by atoms with van der Waals surface area (Å²) in [6.45, 7) is 1.90. The lowest BCUT2D eigenvalue weighted by atomic mass is 10.0. The van der Waals surface area contributed by atoms with Crippen LogP contribution in [0.2, 0.25) is 0 Å². The largest absolute Gasteiger partial charge is 0.504 e. The van der Waals surface area contributed by atoms with E-state index < -0.39 is 17.5 Å². The molecule has 0 unspecified atom stereocenters. The SMILES string of the molecule is CCOC(=O)CCC(=O)c1nc(-c2cccc3cccnc23)cc(C#N)c1O. The minimum absolute atomic E-state index is 0.0718. The Morgan fingerprint density at radius 3 is 2.75 bits per heavy atom. The van der Waals surface area contributed by atoms with E-state index >= 15 is 0 Å². The number of rotatable bonds is 6. The molecule has 1 aromatic carbocycles. The van der Waals surface area contributed by atoms with Gasteiger partial charge in [-0.2, -0.15) is 5.26 Å². The zero-order chi connectivity index (χ0) is 20.1. The van der Waals surface area contributed by atoms with Gasteiger partial charge in [0.05, 0.1) is 29.8 Å². The number of carbonyl (C=O) groups is 2. The van der Waals surface area contributed by atoms with Crippen LogP contribution in [0, 0.1) is 11.3 Å². The molecule has 28 heavy (non-hydrogen) atoms. The Bertz CT molecular complexity index is 1100. The number of hydrogen-bond acceptors (Lipinski definition) is 7. The minimum atomic E-state index is -0.544. The topological polar surface area (TPSA) is 113 Å². The zero-order valence-electron chi connectivity index (χ0n) is 15.2. The number of pyridine rings is 2. The van der Waals surface area contributed by atoms with E-state index in [2.05, 4.69) is 9.97 Å². The Morgan fingerprint density at radius 2 is 2.00 bits per heavy atom. The van der Waals surface area contributed by atoms with Crippen molar-refractivity contribution in [1.82, 2.24) is 9.97 Å². The Balaban J connectivity index is 2.04. The first kappa shape index (κ1) is 19.0. The molecule has 0 atom stereocenters. The molecule has 0 saturated carbocycles. The van der Waals surface area contributed by atoms with Crippen molar-refractivity contribution in [2.45, 2.75) is 19.8 Å². The highest BCUT2D eigenvalue weighted by Crippen LogP contribution is 2.31. The van der Waals surface area contributed by atoms with Crippen molar-refractivity contribution in [3.8, 4) is 23.1 Å². The van der Waals surface area contributed by atoms with E-state index in [-0.39, 0.29) is 30.7 Å². The van der Waals surface area contributed by atoms with E-state index in [4.69, 9.17) is 4.74 Å². The Hall–Kier alpha value is -3.79. The second kappa shape index (κ2) is 8.27. The van der Waals surface area contributed by atoms with Gasteiger partial charge in [-0.1, -0.05) is 24.3 Å². The summed E-state index contributed by atoms with van der Waals surface area (Å²) in [5.41, 5.74) is 1.33. The van der Waals surface area contributed by atoms with E-state index in [0.717, 1.165) is 5.39 Å². The molecule has 0 aliphatic heterocycles. The number of nitrogens with zero attached hydrogens (tertiary/aromatic N) is 3. The van der Waals surface area contributed by atoms with Crippen LogP contribution in [0.4, 0.5) is 0 Å². The summed E-state index contributed by atoms with van der Waals surface area (Å²) < 4.78 is 4.81. The van der Waals surface area contributed by atoms with Crippen LogP contribution in [0.5, 0.6) is 5.75 Å². The van der Waals surface area contributed by atoms with Crippen molar-refractivity contribution >= 4 is 22.7 Å². The van der Waals surface area contributed by atoms with Gasteiger partial charge < -0.3 is 9.84 Å². The van der Waals surface area contributed by atoms with Gasteiger partial charge in [0.1, 0.15) is 11.8 Å². The summed E-state index contributed by atoms with van der Waals surface area (Å²) in [6.07, 6.45) is 1.33. The second-order valence-electron chi connectivity index (χ2n) is 5.97. The van der Waals surface area contributed by atoms with Gasteiger partial charge in [-0.15, -0.1) is 0 Å². The predicted octanol–water partition coefficient (Wildman–Crippen LogP) is 3.40. The highest BCUT2D eigenvalue weighted by Gasteiger charge is 2.21. The third kappa shape index (κ3) is 3.81. The maximum atomic E-state index is 12.5. The second-order valence-corrected chi connectivity index (χ2v) is 5.97. The first-order valence-corrected chi connectivity index (χ1v) is 8.72. The molecule has 0 spiro atoms. The number of para-hydroxylation sites is 1. The van der Waals surface area contributed by atoms with Crippen LogP contribution in [0.1, 0.15) is 35.8 Å². The molecule has 0 aliphatic carbocycles. The van der Waals surface area contributed by atoms with Gasteiger partial charge in [0.25, 0.3) is 0 Å². The van der Waals surface area contributed by atoms with E-state index in [1.165, 1.54) is 6.07 Å². The molecule has 140 valence electrons. The number of esters is 1. The molecule has 1 N–H and O–H groups in total. The fraction of sp³-hybridized carbons (Fsp3) is 0.190. The minimum Gasteiger partial charge on any atom is -0.504 e. The van der Waals surface area contributed by atoms with Crippen LogP contribution in [0.15, 0.2) is 42.6 Å². The highest BCUT2D eigenvalue weighted by atomic mass is 16.5. The van der Waals surface area contributed by atoms with E-state index in [1.54, 1.807) is 25.3 Å². The number of ether oxygens (including phenoxy) is 1. The first-order valence-electron chi connectivity index (χ1n) is 8.72. The molecule has 3 rings (SSSR count). The number of Topliss-reactive ketones (excluding diaryl/α,β-unsaturated/α-hetero) is 1. The number of benzene rings is 1. The van der Waals surface area contributed by atoms with E-state index in [9.17, 15) is 20.0 Å². The third-order valence-corrected chi connectivity index (χ3v) is 4.15. The molecule has 0 radical (unpaired) electrons. The fourth-order valence-corrected chi connectivity index (χ4v) is 2.83. The number of aromatic nitrogens is 2. The Morgan fingerprint density at radius 1 is 1.21 bits per heavy atom. The molecular formula is C21H17N3O4. The van der Waals surface area contributed by atoms with E-state index in [0.29, 0.717) is 16.8 Å². The predicted molar refractivity (Wildman–Crippen MR) is 102 cm³/mol. The lowest BCUT2D eigenvalue weighted by Gasteiger charge is -2.10. The molecule has 2 aromatic heterocycles. The number of carbonyl (C=O) groups excluding carboxylic acids is 2. The Kier molecular flexibility index (Phi) is 5.61. The third-order valence-electron chi connectivity index (χ3n) is 4.15. The molecule has 0 fully saturated rings. The summed E-state index contributed by atoms with van der Waals surface area (Å²) >= 11 is 0. The molecule has 0 amide bonds. The van der Waals surface area contributed by atoms with Crippen LogP contribution in [0.25, 0.3) is 22.2 Å². The van der Waals surface area contributed by atoms with Gasteiger partial charge in [-0.25, -0.2) is 4.98 Å². The summed E-state index contributed by atoms with van der Waals surface area (Å²) in [7, 11) is 0. The maximum absolute atomic E-state index is 12.5. The summed E-state index contributed by atoms with van der Waals surface area (Å²) in [6, 6.07) is 12.5. The lowest BCUT2D eigenvalue weighted by molar-refractivity contribution is -0.143. The van der Waals surface area contributed by atoms with Crippen molar-refractivity contribution in [2.24, 2.45) is 0 Å². The van der Waals surface area contributed by atoms with Crippen molar-refractivity contribution in [2.75, 3.05) is 6.61 Å². The Labute approximate surface area is 161 Å². The summed E-state index contributed by atoms with van der Waals surface area (Å²) in [4.78, 5) is 32.7. The summed E-state index contributed by atoms with van der Waals surface area (Å²) in [5, 5.41) is 20.5. The van der Waals surface area contributed by atoms with Crippen molar-refractivity contribution in [3.63, 3.8) is 0 Å². The quantitative estimate of drug-likeness (QED) is 0.519. The van der Waals surface area contributed by atoms with Gasteiger partial charge in [-0.05, 0) is 19.1 Å². The molecule has 0 saturated heterocycles. The van der Waals surface area contributed by atoms with Crippen molar-refractivity contribution in [1.29, 1.82) is 5.26 Å². The average molecular weight is 375 g/mol. The molecule has 7 nitrogen and oxygen atoms in total. The van der Waals surface area contributed by atoms with Crippen LogP contribution in [0.3, 0.4) is 0 Å². The number of fused-ring (bicyclic) bond motifs is 1. The number of hydrogen-bond donors (Lipinski definition) is 1.